The van der Waals surface area contributed by atoms with E-state index in [2.05, 4.69) is 35.5 Å². The number of benzene rings is 2. The number of ether oxygens (including phenoxy) is 1. The average molecular weight is 475 g/mol. The molecule has 33 heavy (non-hydrogen) atoms. The second-order valence-corrected chi connectivity index (χ2v) is 10.7. The number of amides is 1. The number of carbonyl (C=O) groups excluding carboxylic acids is 2. The van der Waals surface area contributed by atoms with E-state index in [0.717, 1.165) is 30.4 Å². The number of esters is 1. The van der Waals surface area contributed by atoms with Gasteiger partial charge in [-0.3, -0.25) is 9.59 Å². The Morgan fingerprint density at radius 2 is 1.55 bits per heavy atom. The lowest BCUT2D eigenvalue weighted by atomic mass is 9.87. The highest BCUT2D eigenvalue weighted by Gasteiger charge is 2.17. The van der Waals surface area contributed by atoms with Crippen molar-refractivity contribution in [3.05, 3.63) is 65.2 Å². The van der Waals surface area contributed by atoms with Crippen LogP contribution in [0.3, 0.4) is 0 Å². The summed E-state index contributed by atoms with van der Waals surface area (Å²) in [5, 5.41) is 2.85. The van der Waals surface area contributed by atoms with Crippen LogP contribution < -0.4 is 10.0 Å². The van der Waals surface area contributed by atoms with E-state index in [1.165, 1.54) is 7.11 Å². The maximum atomic E-state index is 12.6. The molecule has 0 saturated heterocycles. The first-order valence-corrected chi connectivity index (χ1v) is 12.6. The maximum absolute atomic E-state index is 12.6. The maximum Gasteiger partial charge on any atom is 0.305 e. The van der Waals surface area contributed by atoms with Gasteiger partial charge < -0.3 is 10.1 Å². The van der Waals surface area contributed by atoms with Crippen LogP contribution in [0.5, 0.6) is 0 Å². The van der Waals surface area contributed by atoms with Crippen molar-refractivity contribution in [3.8, 4) is 0 Å². The van der Waals surface area contributed by atoms with Gasteiger partial charge in [-0.25, -0.2) is 13.1 Å². The summed E-state index contributed by atoms with van der Waals surface area (Å²) >= 11 is 0. The number of unbranched alkanes of at least 4 members (excludes halogenated alkanes) is 2. The Kier molecular flexibility index (Phi) is 9.61. The molecule has 2 rings (SSSR count). The molecule has 0 saturated carbocycles. The summed E-state index contributed by atoms with van der Waals surface area (Å²) in [4.78, 5) is 23.5. The molecule has 7 nitrogen and oxygen atoms in total. The molecule has 0 aromatic heterocycles. The van der Waals surface area contributed by atoms with Gasteiger partial charge in [0, 0.05) is 25.1 Å². The second-order valence-electron chi connectivity index (χ2n) is 8.94. The highest BCUT2D eigenvalue weighted by molar-refractivity contribution is 7.89. The molecule has 2 aromatic carbocycles. The number of sulfonamides is 1. The first-order valence-electron chi connectivity index (χ1n) is 11.1. The normalized spacial score (nSPS) is 11.8. The molecule has 1 amide bonds. The number of rotatable bonds is 11. The number of hydrogen-bond donors (Lipinski definition) is 2. The van der Waals surface area contributed by atoms with Crippen LogP contribution >= 0.6 is 0 Å². The van der Waals surface area contributed by atoms with Crippen LogP contribution in [0.25, 0.3) is 0 Å². The Labute approximate surface area is 197 Å². The standard InChI is InChI=1S/C25H34N2O5S/c1-25(2,3)21-13-15-22(16-14-21)33(30,31)27-18-19-9-11-20(12-10-19)24(29)26-17-7-5-6-8-23(28)32-4/h9-16,27H,5-8,17-18H2,1-4H3,(H,26,29). The Balaban J connectivity index is 1.81. The molecule has 0 unspecified atom stereocenters. The number of hydrogen-bond acceptors (Lipinski definition) is 5. The van der Waals surface area contributed by atoms with Crippen LogP contribution in [0.2, 0.25) is 0 Å². The molecular formula is C25H34N2O5S. The van der Waals surface area contributed by atoms with Crippen LogP contribution in [0.4, 0.5) is 0 Å². The summed E-state index contributed by atoms with van der Waals surface area (Å²) in [6, 6.07) is 13.7. The van der Waals surface area contributed by atoms with Crippen molar-refractivity contribution >= 4 is 21.9 Å². The van der Waals surface area contributed by atoms with E-state index in [-0.39, 0.29) is 28.7 Å². The Morgan fingerprint density at radius 1 is 0.909 bits per heavy atom. The van der Waals surface area contributed by atoms with Crippen LogP contribution in [0.1, 0.15) is 67.9 Å². The van der Waals surface area contributed by atoms with Crippen LogP contribution in [-0.2, 0) is 31.5 Å². The lowest BCUT2D eigenvalue weighted by molar-refractivity contribution is -0.140. The van der Waals surface area contributed by atoms with E-state index < -0.39 is 10.0 Å². The minimum Gasteiger partial charge on any atom is -0.469 e. The minimum absolute atomic E-state index is 0.0474. The lowest BCUT2D eigenvalue weighted by Crippen LogP contribution is -2.25. The van der Waals surface area contributed by atoms with Gasteiger partial charge in [-0.15, -0.1) is 0 Å². The summed E-state index contributed by atoms with van der Waals surface area (Å²) in [5.74, 6) is -0.408. The monoisotopic (exact) mass is 474 g/mol. The summed E-state index contributed by atoms with van der Waals surface area (Å²) in [6.07, 6.45) is 2.72. The predicted molar refractivity (Wildman–Crippen MR) is 128 cm³/mol. The van der Waals surface area contributed by atoms with Crippen molar-refractivity contribution in [1.82, 2.24) is 10.0 Å². The molecule has 8 heteroatoms. The molecule has 180 valence electrons. The zero-order valence-corrected chi connectivity index (χ0v) is 20.6. The molecule has 0 bridgehead atoms. The molecule has 0 heterocycles. The van der Waals surface area contributed by atoms with Crippen LogP contribution in [0.15, 0.2) is 53.4 Å². The molecule has 0 atom stereocenters. The van der Waals surface area contributed by atoms with Gasteiger partial charge in [0.25, 0.3) is 5.91 Å². The Morgan fingerprint density at radius 3 is 2.12 bits per heavy atom. The molecule has 0 radical (unpaired) electrons. The van der Waals surface area contributed by atoms with Gasteiger partial charge in [-0.2, -0.15) is 0 Å². The highest BCUT2D eigenvalue weighted by atomic mass is 32.2. The third-order valence-electron chi connectivity index (χ3n) is 5.28. The summed E-state index contributed by atoms with van der Waals surface area (Å²) in [6.45, 7) is 6.88. The second kappa shape index (κ2) is 12.0. The van der Waals surface area contributed by atoms with E-state index in [1.807, 2.05) is 12.1 Å². The number of nitrogens with one attached hydrogen (secondary N) is 2. The van der Waals surface area contributed by atoms with Gasteiger partial charge in [-0.05, 0) is 53.6 Å². The SMILES string of the molecule is COC(=O)CCCCCNC(=O)c1ccc(CNS(=O)(=O)c2ccc(C(C)(C)C)cc2)cc1. The predicted octanol–water partition coefficient (Wildman–Crippen LogP) is 3.93. The van der Waals surface area contributed by atoms with Crippen molar-refractivity contribution in [2.75, 3.05) is 13.7 Å². The van der Waals surface area contributed by atoms with Crippen molar-refractivity contribution in [1.29, 1.82) is 0 Å². The van der Waals surface area contributed by atoms with Gasteiger partial charge in [0.2, 0.25) is 10.0 Å². The van der Waals surface area contributed by atoms with Crippen molar-refractivity contribution in [3.63, 3.8) is 0 Å². The molecule has 0 fully saturated rings. The van der Waals surface area contributed by atoms with E-state index in [4.69, 9.17) is 0 Å². The molecule has 0 spiro atoms. The van der Waals surface area contributed by atoms with E-state index in [1.54, 1.807) is 36.4 Å². The fraction of sp³-hybridized carbons (Fsp3) is 0.440. The van der Waals surface area contributed by atoms with Gasteiger partial charge in [0.05, 0.1) is 12.0 Å². The van der Waals surface area contributed by atoms with Gasteiger partial charge in [0.1, 0.15) is 0 Å². The topological polar surface area (TPSA) is 102 Å². The van der Waals surface area contributed by atoms with Crippen molar-refractivity contribution in [2.24, 2.45) is 0 Å². The van der Waals surface area contributed by atoms with Crippen LogP contribution in [0, 0.1) is 0 Å². The lowest BCUT2D eigenvalue weighted by Gasteiger charge is -2.19. The zero-order chi connectivity index (χ0) is 24.5. The van der Waals surface area contributed by atoms with Crippen molar-refractivity contribution in [2.45, 2.75) is 63.3 Å². The quantitative estimate of drug-likeness (QED) is 0.380. The minimum atomic E-state index is -3.63. The van der Waals surface area contributed by atoms with E-state index in [0.29, 0.717) is 18.5 Å². The van der Waals surface area contributed by atoms with E-state index in [9.17, 15) is 18.0 Å². The fourth-order valence-electron chi connectivity index (χ4n) is 3.15. The molecule has 2 aromatic rings. The molecule has 0 aliphatic rings. The molecule has 2 N–H and O–H groups in total. The Hall–Kier alpha value is -2.71. The molecule has 0 aliphatic carbocycles. The molecule has 0 aliphatic heterocycles. The van der Waals surface area contributed by atoms with Crippen LogP contribution in [-0.4, -0.2) is 33.9 Å². The summed E-state index contributed by atoms with van der Waals surface area (Å²) in [7, 11) is -2.26. The van der Waals surface area contributed by atoms with Gasteiger partial charge in [0.15, 0.2) is 0 Å². The number of carbonyl (C=O) groups is 2. The largest absolute Gasteiger partial charge is 0.469 e. The highest BCUT2D eigenvalue weighted by Crippen LogP contribution is 2.23. The first kappa shape index (κ1) is 26.5. The third-order valence-corrected chi connectivity index (χ3v) is 6.70. The fourth-order valence-corrected chi connectivity index (χ4v) is 4.16. The van der Waals surface area contributed by atoms with E-state index >= 15 is 0 Å². The molecular weight excluding hydrogens is 440 g/mol. The van der Waals surface area contributed by atoms with Gasteiger partial charge in [-0.1, -0.05) is 51.5 Å². The van der Waals surface area contributed by atoms with Crippen molar-refractivity contribution < 1.29 is 22.7 Å². The average Bonchev–Trinajstić information content (AvgIpc) is 2.79. The first-order chi connectivity index (χ1) is 15.5. The zero-order valence-electron chi connectivity index (χ0n) is 19.8. The number of methoxy groups -OCH3 is 1. The smallest absolute Gasteiger partial charge is 0.305 e. The third kappa shape index (κ3) is 8.63. The van der Waals surface area contributed by atoms with Gasteiger partial charge >= 0.3 is 5.97 Å². The summed E-state index contributed by atoms with van der Waals surface area (Å²) < 4.78 is 32.4. The Bertz CT molecular complexity index is 1020. The summed E-state index contributed by atoms with van der Waals surface area (Å²) in [5.41, 5.74) is 2.28.